The van der Waals surface area contributed by atoms with E-state index in [1.165, 1.54) is 0 Å². The predicted octanol–water partition coefficient (Wildman–Crippen LogP) is 1.83. The Bertz CT molecular complexity index is 613. The van der Waals surface area contributed by atoms with Crippen molar-refractivity contribution < 1.29 is 9.53 Å². The molecule has 0 amide bonds. The minimum atomic E-state index is -0.109. The smallest absolute Gasteiger partial charge is 0.232 e. The highest BCUT2D eigenvalue weighted by atomic mass is 16.5. The average molecular weight is 276 g/mol. The standard InChI is InChI=1S/C14H20N4O2/c1-5-7-18-13(12(20-4)9-15-18)14(19)11-8-10(6-2)16-17(11)3/h8-9H,5-7H2,1-4H3. The summed E-state index contributed by atoms with van der Waals surface area (Å²) < 4.78 is 8.56. The monoisotopic (exact) mass is 276 g/mol. The third-order valence-corrected chi connectivity index (χ3v) is 3.20. The molecule has 0 aliphatic rings. The van der Waals surface area contributed by atoms with Crippen LogP contribution >= 0.6 is 0 Å². The zero-order chi connectivity index (χ0) is 14.7. The lowest BCUT2D eigenvalue weighted by Gasteiger charge is -2.07. The number of carbonyl (C=O) groups is 1. The maximum Gasteiger partial charge on any atom is 0.232 e. The van der Waals surface area contributed by atoms with Gasteiger partial charge in [-0.05, 0) is 18.9 Å². The molecule has 0 N–H and O–H groups in total. The summed E-state index contributed by atoms with van der Waals surface area (Å²) in [4.78, 5) is 12.7. The van der Waals surface area contributed by atoms with Crippen molar-refractivity contribution in [3.8, 4) is 5.75 Å². The fourth-order valence-corrected chi connectivity index (χ4v) is 2.16. The second-order valence-electron chi connectivity index (χ2n) is 4.61. The quantitative estimate of drug-likeness (QED) is 0.755. The van der Waals surface area contributed by atoms with Gasteiger partial charge in [0.15, 0.2) is 11.4 Å². The summed E-state index contributed by atoms with van der Waals surface area (Å²) in [7, 11) is 3.32. The van der Waals surface area contributed by atoms with E-state index in [2.05, 4.69) is 10.2 Å². The first-order valence-corrected chi connectivity index (χ1v) is 6.79. The molecule has 108 valence electrons. The van der Waals surface area contributed by atoms with Crippen molar-refractivity contribution in [2.24, 2.45) is 7.05 Å². The first-order valence-electron chi connectivity index (χ1n) is 6.79. The highest BCUT2D eigenvalue weighted by Crippen LogP contribution is 2.22. The number of ether oxygens (including phenoxy) is 1. The lowest BCUT2D eigenvalue weighted by Crippen LogP contribution is -2.15. The van der Waals surface area contributed by atoms with E-state index < -0.39 is 0 Å². The molecule has 6 nitrogen and oxygen atoms in total. The Balaban J connectivity index is 2.46. The Morgan fingerprint density at radius 1 is 1.40 bits per heavy atom. The van der Waals surface area contributed by atoms with Crippen molar-refractivity contribution in [2.45, 2.75) is 33.2 Å². The van der Waals surface area contributed by atoms with Gasteiger partial charge >= 0.3 is 0 Å². The summed E-state index contributed by atoms with van der Waals surface area (Å²) in [6, 6.07) is 1.82. The molecule has 2 aromatic heterocycles. The van der Waals surface area contributed by atoms with Gasteiger partial charge in [-0.1, -0.05) is 13.8 Å². The predicted molar refractivity (Wildman–Crippen MR) is 75.1 cm³/mol. The number of carbonyl (C=O) groups excluding carboxylic acids is 1. The number of methoxy groups -OCH3 is 1. The van der Waals surface area contributed by atoms with Crippen molar-refractivity contribution >= 4 is 5.78 Å². The molecule has 2 aromatic rings. The molecule has 0 aliphatic carbocycles. The second kappa shape index (κ2) is 5.90. The van der Waals surface area contributed by atoms with Crippen LogP contribution in [0.3, 0.4) is 0 Å². The van der Waals surface area contributed by atoms with E-state index in [0.717, 1.165) is 18.5 Å². The molecule has 2 rings (SSSR count). The van der Waals surface area contributed by atoms with E-state index in [-0.39, 0.29) is 5.78 Å². The number of aryl methyl sites for hydroxylation is 3. The van der Waals surface area contributed by atoms with Crippen molar-refractivity contribution in [3.63, 3.8) is 0 Å². The van der Waals surface area contributed by atoms with Crippen LogP contribution in [0.2, 0.25) is 0 Å². The molecule has 0 unspecified atom stereocenters. The number of nitrogens with zero attached hydrogens (tertiary/aromatic N) is 4. The minimum absolute atomic E-state index is 0.109. The third kappa shape index (κ3) is 2.45. The number of hydrogen-bond acceptors (Lipinski definition) is 4. The molecule has 0 bridgehead atoms. The van der Waals surface area contributed by atoms with Crippen LogP contribution in [0.25, 0.3) is 0 Å². The third-order valence-electron chi connectivity index (χ3n) is 3.20. The van der Waals surface area contributed by atoms with Crippen LogP contribution in [0.4, 0.5) is 0 Å². The van der Waals surface area contributed by atoms with Gasteiger partial charge in [-0.2, -0.15) is 10.2 Å². The molecule has 20 heavy (non-hydrogen) atoms. The highest BCUT2D eigenvalue weighted by Gasteiger charge is 2.23. The number of ketones is 1. The summed E-state index contributed by atoms with van der Waals surface area (Å²) in [5.74, 6) is 0.394. The SMILES string of the molecule is CCCn1ncc(OC)c1C(=O)c1cc(CC)nn1C. The van der Waals surface area contributed by atoms with Crippen LogP contribution in [0.1, 0.15) is 42.1 Å². The summed E-state index contributed by atoms with van der Waals surface area (Å²) in [6.45, 7) is 4.74. The van der Waals surface area contributed by atoms with Gasteiger partial charge in [0.05, 0.1) is 19.0 Å². The van der Waals surface area contributed by atoms with Crippen LogP contribution in [-0.2, 0) is 20.0 Å². The first kappa shape index (κ1) is 14.3. The van der Waals surface area contributed by atoms with E-state index in [1.54, 1.807) is 29.7 Å². The van der Waals surface area contributed by atoms with Crippen LogP contribution in [0.5, 0.6) is 5.75 Å². The zero-order valence-electron chi connectivity index (χ0n) is 12.4. The minimum Gasteiger partial charge on any atom is -0.493 e. The van der Waals surface area contributed by atoms with Crippen LogP contribution in [0.15, 0.2) is 12.3 Å². The number of rotatable bonds is 6. The Morgan fingerprint density at radius 3 is 2.70 bits per heavy atom. The van der Waals surface area contributed by atoms with E-state index in [0.29, 0.717) is 23.7 Å². The molecule has 0 aliphatic heterocycles. The molecule has 0 saturated heterocycles. The van der Waals surface area contributed by atoms with Crippen molar-refractivity contribution in [1.82, 2.24) is 19.6 Å². The van der Waals surface area contributed by atoms with Gasteiger partial charge in [-0.25, -0.2) is 0 Å². The molecular formula is C14H20N4O2. The van der Waals surface area contributed by atoms with E-state index in [9.17, 15) is 4.79 Å². The molecular weight excluding hydrogens is 256 g/mol. The number of aromatic nitrogens is 4. The van der Waals surface area contributed by atoms with Gasteiger partial charge in [-0.15, -0.1) is 0 Å². The van der Waals surface area contributed by atoms with Crippen molar-refractivity contribution in [2.75, 3.05) is 7.11 Å². The largest absolute Gasteiger partial charge is 0.493 e. The zero-order valence-corrected chi connectivity index (χ0v) is 12.4. The molecule has 6 heteroatoms. The molecule has 0 atom stereocenters. The average Bonchev–Trinajstić information content (AvgIpc) is 3.02. The topological polar surface area (TPSA) is 61.9 Å². The maximum atomic E-state index is 12.7. The highest BCUT2D eigenvalue weighted by molar-refractivity contribution is 6.08. The van der Waals surface area contributed by atoms with Gasteiger partial charge in [0.25, 0.3) is 0 Å². The molecule has 0 aromatic carbocycles. The Labute approximate surface area is 118 Å². The summed E-state index contributed by atoms with van der Waals surface area (Å²) in [6.07, 6.45) is 3.28. The van der Waals surface area contributed by atoms with Gasteiger partial charge < -0.3 is 4.74 Å². The van der Waals surface area contributed by atoms with Crippen molar-refractivity contribution in [1.29, 1.82) is 0 Å². The summed E-state index contributed by atoms with van der Waals surface area (Å²) >= 11 is 0. The normalized spacial score (nSPS) is 10.8. The van der Waals surface area contributed by atoms with Gasteiger partial charge in [0.2, 0.25) is 5.78 Å². The molecule has 0 radical (unpaired) electrons. The Kier molecular flexibility index (Phi) is 4.22. The Hall–Kier alpha value is -2.11. The molecule has 0 fully saturated rings. The van der Waals surface area contributed by atoms with Crippen LogP contribution < -0.4 is 4.74 Å². The fraction of sp³-hybridized carbons (Fsp3) is 0.500. The van der Waals surface area contributed by atoms with Gasteiger partial charge in [-0.3, -0.25) is 14.2 Å². The van der Waals surface area contributed by atoms with E-state index in [4.69, 9.17) is 4.74 Å². The van der Waals surface area contributed by atoms with Crippen molar-refractivity contribution in [3.05, 3.63) is 29.3 Å². The maximum absolute atomic E-state index is 12.7. The lowest BCUT2D eigenvalue weighted by atomic mass is 10.1. The number of hydrogen-bond donors (Lipinski definition) is 0. The molecule has 0 spiro atoms. The Morgan fingerprint density at radius 2 is 2.15 bits per heavy atom. The van der Waals surface area contributed by atoms with Crippen LogP contribution in [0, 0.1) is 0 Å². The van der Waals surface area contributed by atoms with E-state index in [1.807, 2.05) is 19.9 Å². The molecule has 0 saturated carbocycles. The van der Waals surface area contributed by atoms with Gasteiger partial charge in [0.1, 0.15) is 5.69 Å². The van der Waals surface area contributed by atoms with Gasteiger partial charge in [0, 0.05) is 13.6 Å². The lowest BCUT2D eigenvalue weighted by molar-refractivity contribution is 0.101. The van der Waals surface area contributed by atoms with E-state index >= 15 is 0 Å². The summed E-state index contributed by atoms with van der Waals surface area (Å²) in [5, 5.41) is 8.54. The molecule has 2 heterocycles. The fourth-order valence-electron chi connectivity index (χ4n) is 2.16. The van der Waals surface area contributed by atoms with Crippen LogP contribution in [-0.4, -0.2) is 32.5 Å². The summed E-state index contributed by atoms with van der Waals surface area (Å²) in [5.41, 5.74) is 1.94. The first-order chi connectivity index (χ1) is 9.62. The second-order valence-corrected chi connectivity index (χ2v) is 4.61.